The smallest absolute Gasteiger partial charge is 0.255 e. The molecule has 4 N–H and O–H groups in total. The predicted octanol–water partition coefficient (Wildman–Crippen LogP) is 3.55. The lowest BCUT2D eigenvalue weighted by molar-refractivity contribution is 0.102. The zero-order chi connectivity index (χ0) is 17.8. The second-order valence-electron chi connectivity index (χ2n) is 5.71. The van der Waals surface area contributed by atoms with E-state index in [-0.39, 0.29) is 5.91 Å². The van der Waals surface area contributed by atoms with Crippen LogP contribution in [0.5, 0.6) is 0 Å². The largest absolute Gasteiger partial charge is 0.368 e. The molecular formula is C18H19N5OS. The van der Waals surface area contributed by atoms with Crippen molar-refractivity contribution in [2.75, 3.05) is 11.1 Å². The van der Waals surface area contributed by atoms with Gasteiger partial charge in [-0.05, 0) is 42.7 Å². The zero-order valence-electron chi connectivity index (χ0n) is 14.0. The number of amides is 1. The van der Waals surface area contributed by atoms with Crippen molar-refractivity contribution >= 4 is 29.3 Å². The highest BCUT2D eigenvalue weighted by molar-refractivity contribution is 7.98. The molecule has 0 radical (unpaired) electrons. The lowest BCUT2D eigenvalue weighted by Crippen LogP contribution is -2.13. The molecule has 1 aromatic heterocycles. The average Bonchev–Trinajstić information content (AvgIpc) is 3.02. The summed E-state index contributed by atoms with van der Waals surface area (Å²) in [5.41, 5.74) is 10.2. The van der Waals surface area contributed by atoms with Crippen LogP contribution in [0.15, 0.2) is 47.6 Å². The number of aromatic nitrogens is 3. The maximum Gasteiger partial charge on any atom is 0.255 e. The Bertz CT molecular complexity index is 868. The first kappa shape index (κ1) is 17.0. The van der Waals surface area contributed by atoms with Crippen LogP contribution in [0.25, 0.3) is 0 Å². The van der Waals surface area contributed by atoms with Gasteiger partial charge in [-0.3, -0.25) is 4.79 Å². The summed E-state index contributed by atoms with van der Waals surface area (Å²) in [5, 5.41) is 10.2. The quantitative estimate of drug-likeness (QED) is 0.610. The lowest BCUT2D eigenvalue weighted by atomic mass is 10.1. The van der Waals surface area contributed by atoms with E-state index in [1.807, 2.05) is 56.3 Å². The van der Waals surface area contributed by atoms with Crippen molar-refractivity contribution in [2.45, 2.75) is 24.8 Å². The molecular weight excluding hydrogens is 334 g/mol. The summed E-state index contributed by atoms with van der Waals surface area (Å²) in [6, 6.07) is 13.5. The number of aryl methyl sites for hydroxylation is 2. The van der Waals surface area contributed by atoms with E-state index >= 15 is 0 Å². The number of nitrogen functional groups attached to an aromatic ring is 1. The number of H-pyrrole nitrogens is 1. The second kappa shape index (κ2) is 7.40. The van der Waals surface area contributed by atoms with Crippen LogP contribution < -0.4 is 11.1 Å². The number of hydrogen-bond acceptors (Lipinski definition) is 5. The summed E-state index contributed by atoms with van der Waals surface area (Å²) in [6.45, 7) is 3.97. The molecule has 0 saturated carbocycles. The molecule has 128 valence electrons. The van der Waals surface area contributed by atoms with Crippen LogP contribution in [-0.4, -0.2) is 21.1 Å². The fourth-order valence-corrected chi connectivity index (χ4v) is 3.18. The van der Waals surface area contributed by atoms with Gasteiger partial charge in [-0.25, -0.2) is 5.10 Å². The van der Waals surface area contributed by atoms with Crippen LogP contribution in [0.3, 0.4) is 0 Å². The molecule has 0 fully saturated rings. The number of nitrogens with one attached hydrogen (secondary N) is 2. The number of para-hydroxylation sites is 1. The number of carbonyl (C=O) groups is 1. The van der Waals surface area contributed by atoms with Gasteiger partial charge in [0, 0.05) is 17.0 Å². The highest BCUT2D eigenvalue weighted by Crippen LogP contribution is 2.22. The molecule has 25 heavy (non-hydrogen) atoms. The van der Waals surface area contributed by atoms with Gasteiger partial charge in [0.05, 0.1) is 0 Å². The molecule has 7 heteroatoms. The highest BCUT2D eigenvalue weighted by atomic mass is 32.2. The predicted molar refractivity (Wildman–Crippen MR) is 101 cm³/mol. The van der Waals surface area contributed by atoms with E-state index in [9.17, 15) is 4.79 Å². The van der Waals surface area contributed by atoms with Gasteiger partial charge in [0.1, 0.15) is 0 Å². The normalized spacial score (nSPS) is 10.6. The minimum absolute atomic E-state index is 0.113. The minimum atomic E-state index is -0.113. The van der Waals surface area contributed by atoms with Gasteiger partial charge in [-0.1, -0.05) is 42.1 Å². The summed E-state index contributed by atoms with van der Waals surface area (Å²) < 4.78 is 0. The zero-order valence-corrected chi connectivity index (χ0v) is 14.9. The van der Waals surface area contributed by atoms with Gasteiger partial charge >= 0.3 is 0 Å². The fourth-order valence-electron chi connectivity index (χ4n) is 2.42. The van der Waals surface area contributed by atoms with E-state index in [2.05, 4.69) is 20.5 Å². The van der Waals surface area contributed by atoms with E-state index in [4.69, 9.17) is 5.73 Å². The molecule has 0 saturated heterocycles. The van der Waals surface area contributed by atoms with Crippen molar-refractivity contribution in [3.05, 3.63) is 64.7 Å². The number of thioether (sulfide) groups is 1. The molecule has 0 bridgehead atoms. The Kier molecular flexibility index (Phi) is 5.04. The maximum absolute atomic E-state index is 12.5. The average molecular weight is 353 g/mol. The van der Waals surface area contributed by atoms with Gasteiger partial charge in [0.2, 0.25) is 11.1 Å². The Morgan fingerprint density at radius 3 is 2.44 bits per heavy atom. The Hall–Kier alpha value is -2.80. The topological polar surface area (TPSA) is 96.7 Å². The van der Waals surface area contributed by atoms with E-state index in [1.54, 1.807) is 0 Å². The lowest BCUT2D eigenvalue weighted by Gasteiger charge is -2.11. The Balaban J connectivity index is 1.64. The van der Waals surface area contributed by atoms with E-state index < -0.39 is 0 Å². The number of hydrogen-bond donors (Lipinski definition) is 3. The van der Waals surface area contributed by atoms with Crippen molar-refractivity contribution in [1.29, 1.82) is 0 Å². The van der Waals surface area contributed by atoms with Gasteiger partial charge in [0.25, 0.3) is 5.91 Å². The molecule has 2 aromatic carbocycles. The molecule has 0 aliphatic carbocycles. The van der Waals surface area contributed by atoms with E-state index in [1.165, 1.54) is 11.8 Å². The first-order valence-corrected chi connectivity index (χ1v) is 8.78. The first-order valence-electron chi connectivity index (χ1n) is 7.80. The van der Waals surface area contributed by atoms with Gasteiger partial charge in [0.15, 0.2) is 0 Å². The molecule has 0 atom stereocenters. The van der Waals surface area contributed by atoms with Crippen LogP contribution in [0.2, 0.25) is 0 Å². The standard InChI is InChI=1S/C18H19N5OS/c1-11-4-3-5-12(2)15(11)20-16(24)14-8-6-13(7-9-14)10-25-18-21-17(19)22-23-18/h3-9H,10H2,1-2H3,(H,20,24)(H3,19,21,22,23). The van der Waals surface area contributed by atoms with Gasteiger partial charge in [-0.15, -0.1) is 5.10 Å². The number of rotatable bonds is 5. The highest BCUT2D eigenvalue weighted by Gasteiger charge is 2.10. The molecule has 0 aliphatic rings. The van der Waals surface area contributed by atoms with Crippen molar-refractivity contribution in [3.8, 4) is 0 Å². The number of carbonyl (C=O) groups excluding carboxylic acids is 1. The van der Waals surface area contributed by atoms with Gasteiger partial charge < -0.3 is 11.1 Å². The first-order chi connectivity index (χ1) is 12.0. The van der Waals surface area contributed by atoms with E-state index in [0.717, 1.165) is 22.4 Å². The SMILES string of the molecule is Cc1cccc(C)c1NC(=O)c1ccc(CSc2n[nH]c(N)n2)cc1. The second-order valence-corrected chi connectivity index (χ2v) is 6.65. The molecule has 1 amide bonds. The Morgan fingerprint density at radius 1 is 1.16 bits per heavy atom. The van der Waals surface area contributed by atoms with Crippen molar-refractivity contribution in [1.82, 2.24) is 15.2 Å². The molecule has 0 unspecified atom stereocenters. The summed E-state index contributed by atoms with van der Waals surface area (Å²) >= 11 is 1.48. The monoisotopic (exact) mass is 353 g/mol. The summed E-state index contributed by atoms with van der Waals surface area (Å²) in [6.07, 6.45) is 0. The van der Waals surface area contributed by atoms with Crippen LogP contribution in [-0.2, 0) is 5.75 Å². The van der Waals surface area contributed by atoms with Crippen molar-refractivity contribution in [3.63, 3.8) is 0 Å². The maximum atomic E-state index is 12.5. The Morgan fingerprint density at radius 2 is 1.84 bits per heavy atom. The Labute approximate surface area is 150 Å². The third kappa shape index (κ3) is 4.19. The van der Waals surface area contributed by atoms with Crippen LogP contribution in [0, 0.1) is 13.8 Å². The van der Waals surface area contributed by atoms with E-state index in [0.29, 0.717) is 22.4 Å². The molecule has 3 rings (SSSR count). The molecule has 0 aliphatic heterocycles. The molecule has 1 heterocycles. The number of nitrogens with two attached hydrogens (primary N) is 1. The van der Waals surface area contributed by atoms with Crippen LogP contribution in [0.1, 0.15) is 27.0 Å². The van der Waals surface area contributed by atoms with Crippen molar-refractivity contribution in [2.24, 2.45) is 0 Å². The molecule has 6 nitrogen and oxygen atoms in total. The number of aromatic amines is 1. The molecule has 0 spiro atoms. The number of benzene rings is 2. The summed E-state index contributed by atoms with van der Waals surface area (Å²) in [5.74, 6) is 0.898. The minimum Gasteiger partial charge on any atom is -0.368 e. The van der Waals surface area contributed by atoms with Crippen LogP contribution >= 0.6 is 11.8 Å². The van der Waals surface area contributed by atoms with Crippen molar-refractivity contribution < 1.29 is 4.79 Å². The third-order valence-electron chi connectivity index (χ3n) is 3.79. The van der Waals surface area contributed by atoms with Gasteiger partial charge in [-0.2, -0.15) is 4.98 Å². The summed E-state index contributed by atoms with van der Waals surface area (Å²) in [7, 11) is 0. The fraction of sp³-hybridized carbons (Fsp3) is 0.167. The molecule has 3 aromatic rings. The third-order valence-corrected chi connectivity index (χ3v) is 4.70. The number of anilines is 2. The summed E-state index contributed by atoms with van der Waals surface area (Å²) in [4.78, 5) is 16.5. The van der Waals surface area contributed by atoms with Crippen LogP contribution in [0.4, 0.5) is 11.6 Å². The number of nitrogens with zero attached hydrogens (tertiary/aromatic N) is 2.